The molecule has 0 unspecified atom stereocenters. The molecule has 0 amide bonds. The maximum Gasteiger partial charge on any atom is 0.248 e. The van der Waals surface area contributed by atoms with Crippen LogP contribution >= 0.6 is 0 Å². The Hall–Kier alpha value is -2.44. The summed E-state index contributed by atoms with van der Waals surface area (Å²) in [4.78, 5) is 8.47. The number of aromatic nitrogens is 2. The van der Waals surface area contributed by atoms with E-state index in [0.29, 0.717) is 37.2 Å². The molecule has 0 fully saturated rings. The quantitative estimate of drug-likeness (QED) is 0.629. The maximum atomic E-state index is 13.1. The van der Waals surface area contributed by atoms with E-state index in [1.165, 1.54) is 12.1 Å². The second-order valence-electron chi connectivity index (χ2n) is 4.74. The summed E-state index contributed by atoms with van der Waals surface area (Å²) < 4.78 is 18.1. The molecule has 2 N–H and O–H groups in total. The summed E-state index contributed by atoms with van der Waals surface area (Å²) in [6.07, 6.45) is 0.710. The molecule has 0 aliphatic rings. The minimum Gasteiger partial charge on any atom is -0.357 e. The Kier molecular flexibility index (Phi) is 5.88. The number of hydrogen-bond donors (Lipinski definition) is 2. The Bertz CT molecular complexity index is 626. The summed E-state index contributed by atoms with van der Waals surface area (Å²) >= 11 is 0. The van der Waals surface area contributed by atoms with Crippen LogP contribution in [0.3, 0.4) is 0 Å². The molecule has 0 saturated carbocycles. The highest BCUT2D eigenvalue weighted by Gasteiger charge is 2.03. The number of rotatable bonds is 6. The topological polar surface area (TPSA) is 75.3 Å². The zero-order valence-corrected chi connectivity index (χ0v) is 12.8. The molecular formula is C15H20FN5O. The number of aryl methyl sites for hydroxylation is 1. The Balaban J connectivity index is 1.85. The molecule has 7 heteroatoms. The number of hydrogen-bond acceptors (Lipinski definition) is 4. The van der Waals surface area contributed by atoms with Crippen LogP contribution in [0, 0.1) is 12.7 Å². The van der Waals surface area contributed by atoms with Crippen molar-refractivity contribution in [2.24, 2.45) is 4.99 Å². The predicted molar refractivity (Wildman–Crippen MR) is 82.0 cm³/mol. The molecule has 1 heterocycles. The molecule has 2 rings (SSSR count). The van der Waals surface area contributed by atoms with Crippen LogP contribution in [0.15, 0.2) is 33.8 Å². The van der Waals surface area contributed by atoms with Crippen LogP contribution in [0.4, 0.5) is 4.39 Å². The Morgan fingerprint density at radius 1 is 1.36 bits per heavy atom. The number of aliphatic imine (C=N–C) groups is 1. The molecule has 0 bridgehead atoms. The van der Waals surface area contributed by atoms with Gasteiger partial charge in [-0.05, 0) is 38.0 Å². The monoisotopic (exact) mass is 305 g/mol. The molecule has 0 spiro atoms. The van der Waals surface area contributed by atoms with Gasteiger partial charge in [-0.25, -0.2) is 9.38 Å². The van der Waals surface area contributed by atoms with Gasteiger partial charge in [-0.2, -0.15) is 4.98 Å². The molecule has 6 nitrogen and oxygen atoms in total. The van der Waals surface area contributed by atoms with Crippen LogP contribution in [0.5, 0.6) is 0 Å². The van der Waals surface area contributed by atoms with Crippen LogP contribution in [0.2, 0.25) is 0 Å². The minimum atomic E-state index is -0.218. The summed E-state index contributed by atoms with van der Waals surface area (Å²) in [5.74, 6) is 1.51. The van der Waals surface area contributed by atoms with Crippen LogP contribution < -0.4 is 10.6 Å². The van der Waals surface area contributed by atoms with Crippen molar-refractivity contribution < 1.29 is 8.91 Å². The molecule has 1 aromatic heterocycles. The van der Waals surface area contributed by atoms with Crippen molar-refractivity contribution in [3.63, 3.8) is 0 Å². The summed E-state index contributed by atoms with van der Waals surface area (Å²) in [5.41, 5.74) is 0.941. The number of nitrogens with zero attached hydrogens (tertiary/aromatic N) is 3. The predicted octanol–water partition coefficient (Wildman–Crippen LogP) is 1.81. The van der Waals surface area contributed by atoms with E-state index in [4.69, 9.17) is 4.52 Å². The van der Waals surface area contributed by atoms with E-state index in [1.54, 1.807) is 13.0 Å². The van der Waals surface area contributed by atoms with E-state index in [9.17, 15) is 4.39 Å². The van der Waals surface area contributed by atoms with E-state index in [0.717, 1.165) is 12.1 Å². The normalized spacial score (nSPS) is 11.5. The van der Waals surface area contributed by atoms with Crippen molar-refractivity contribution in [1.82, 2.24) is 20.8 Å². The SMILES string of the molecule is CCNC(=NCc1nc(C)no1)NCCc1cccc(F)c1. The van der Waals surface area contributed by atoms with Gasteiger partial charge in [-0.3, -0.25) is 0 Å². The fourth-order valence-electron chi connectivity index (χ4n) is 1.91. The number of halogens is 1. The van der Waals surface area contributed by atoms with Gasteiger partial charge in [0, 0.05) is 13.1 Å². The van der Waals surface area contributed by atoms with Crippen LogP contribution in [-0.4, -0.2) is 29.2 Å². The van der Waals surface area contributed by atoms with E-state index < -0.39 is 0 Å². The van der Waals surface area contributed by atoms with Crippen molar-refractivity contribution in [2.45, 2.75) is 26.8 Å². The first-order valence-corrected chi connectivity index (χ1v) is 7.23. The largest absolute Gasteiger partial charge is 0.357 e. The van der Waals surface area contributed by atoms with Gasteiger partial charge in [0.1, 0.15) is 12.4 Å². The zero-order chi connectivity index (χ0) is 15.8. The second-order valence-corrected chi connectivity index (χ2v) is 4.74. The van der Waals surface area contributed by atoms with Crippen LogP contribution in [0.25, 0.3) is 0 Å². The molecule has 118 valence electrons. The highest BCUT2D eigenvalue weighted by Crippen LogP contribution is 2.03. The lowest BCUT2D eigenvalue weighted by atomic mass is 10.1. The molecule has 0 aliphatic heterocycles. The van der Waals surface area contributed by atoms with Crippen LogP contribution in [0.1, 0.15) is 24.2 Å². The van der Waals surface area contributed by atoms with E-state index in [-0.39, 0.29) is 5.82 Å². The molecule has 0 saturated heterocycles. The number of guanidine groups is 1. The standard InChI is InChI=1S/C15H20FN5O/c1-3-17-15(19-10-14-20-11(2)21-22-14)18-8-7-12-5-4-6-13(16)9-12/h4-6,9H,3,7-8,10H2,1-2H3,(H2,17,18,19). The number of benzene rings is 1. The molecule has 2 aromatic rings. The molecular weight excluding hydrogens is 285 g/mol. The van der Waals surface area contributed by atoms with Crippen molar-refractivity contribution in [3.8, 4) is 0 Å². The zero-order valence-electron chi connectivity index (χ0n) is 12.8. The first-order valence-electron chi connectivity index (χ1n) is 7.23. The van der Waals surface area contributed by atoms with E-state index in [1.807, 2.05) is 13.0 Å². The molecule has 1 aromatic carbocycles. The van der Waals surface area contributed by atoms with Crippen molar-refractivity contribution in [2.75, 3.05) is 13.1 Å². The summed E-state index contributed by atoms with van der Waals surface area (Å²) in [5, 5.41) is 10.0. The van der Waals surface area contributed by atoms with Gasteiger partial charge < -0.3 is 15.2 Å². The maximum absolute atomic E-state index is 13.1. The summed E-state index contributed by atoms with van der Waals surface area (Å²) in [6, 6.07) is 6.58. The average Bonchev–Trinajstić information content (AvgIpc) is 2.90. The fourth-order valence-corrected chi connectivity index (χ4v) is 1.91. The first kappa shape index (κ1) is 15.9. The van der Waals surface area contributed by atoms with E-state index >= 15 is 0 Å². The Labute approximate surface area is 128 Å². The fraction of sp³-hybridized carbons (Fsp3) is 0.400. The van der Waals surface area contributed by atoms with E-state index in [2.05, 4.69) is 25.8 Å². The second kappa shape index (κ2) is 8.11. The average molecular weight is 305 g/mol. The first-order chi connectivity index (χ1) is 10.7. The molecule has 0 aliphatic carbocycles. The Morgan fingerprint density at radius 3 is 2.91 bits per heavy atom. The lowest BCUT2D eigenvalue weighted by Crippen LogP contribution is -2.38. The van der Waals surface area contributed by atoms with Gasteiger partial charge in [0.05, 0.1) is 0 Å². The lowest BCUT2D eigenvalue weighted by molar-refractivity contribution is 0.376. The van der Waals surface area contributed by atoms with Gasteiger partial charge in [0.2, 0.25) is 5.89 Å². The van der Waals surface area contributed by atoms with Crippen molar-refractivity contribution in [1.29, 1.82) is 0 Å². The third-order valence-electron chi connectivity index (χ3n) is 2.88. The third-order valence-corrected chi connectivity index (χ3v) is 2.88. The minimum absolute atomic E-state index is 0.218. The Morgan fingerprint density at radius 2 is 2.23 bits per heavy atom. The summed E-state index contributed by atoms with van der Waals surface area (Å²) in [7, 11) is 0. The highest BCUT2D eigenvalue weighted by molar-refractivity contribution is 5.79. The smallest absolute Gasteiger partial charge is 0.248 e. The lowest BCUT2D eigenvalue weighted by Gasteiger charge is -2.10. The van der Waals surface area contributed by atoms with Gasteiger partial charge in [0.25, 0.3) is 0 Å². The summed E-state index contributed by atoms with van der Waals surface area (Å²) in [6.45, 7) is 5.46. The highest BCUT2D eigenvalue weighted by atomic mass is 19.1. The number of nitrogens with one attached hydrogen (secondary N) is 2. The molecule has 0 atom stereocenters. The van der Waals surface area contributed by atoms with Gasteiger partial charge in [-0.1, -0.05) is 17.3 Å². The van der Waals surface area contributed by atoms with Gasteiger partial charge >= 0.3 is 0 Å². The molecule has 0 radical (unpaired) electrons. The van der Waals surface area contributed by atoms with Crippen LogP contribution in [-0.2, 0) is 13.0 Å². The van der Waals surface area contributed by atoms with Gasteiger partial charge in [0.15, 0.2) is 11.8 Å². The van der Waals surface area contributed by atoms with Gasteiger partial charge in [-0.15, -0.1) is 0 Å². The third kappa shape index (κ3) is 5.16. The van der Waals surface area contributed by atoms with Crippen molar-refractivity contribution >= 4 is 5.96 Å². The molecule has 22 heavy (non-hydrogen) atoms. The van der Waals surface area contributed by atoms with Crippen molar-refractivity contribution in [3.05, 3.63) is 47.4 Å².